The molecule has 1 fully saturated rings. The highest BCUT2D eigenvalue weighted by molar-refractivity contribution is 6.36. The number of allylic oxidation sites excluding steroid dienone is 2. The summed E-state index contributed by atoms with van der Waals surface area (Å²) in [6.45, 7) is -0.603. The van der Waals surface area contributed by atoms with E-state index in [0.717, 1.165) is 10.5 Å². The number of amides is 3. The second kappa shape index (κ2) is 10.4. The van der Waals surface area contributed by atoms with Gasteiger partial charge in [-0.2, -0.15) is 0 Å². The van der Waals surface area contributed by atoms with Gasteiger partial charge in [0.2, 0.25) is 11.8 Å². The van der Waals surface area contributed by atoms with Gasteiger partial charge in [-0.1, -0.05) is 65.7 Å². The van der Waals surface area contributed by atoms with E-state index in [2.05, 4.69) is 5.32 Å². The maximum absolute atomic E-state index is 13.1. The summed E-state index contributed by atoms with van der Waals surface area (Å²) in [4.78, 5) is 52.7. The fourth-order valence-corrected chi connectivity index (χ4v) is 4.72. The molecule has 0 bridgehead atoms. The van der Waals surface area contributed by atoms with E-state index in [4.69, 9.17) is 27.9 Å². The summed E-state index contributed by atoms with van der Waals surface area (Å²) < 4.78 is 5.25. The Kier molecular flexibility index (Phi) is 7.34. The van der Waals surface area contributed by atoms with E-state index in [-0.39, 0.29) is 23.3 Å². The molecule has 1 saturated heterocycles. The molecule has 2 aromatic rings. The molecule has 176 valence electrons. The Hall–Kier alpha value is -3.16. The highest BCUT2D eigenvalue weighted by Gasteiger charge is 2.51. The highest BCUT2D eigenvalue weighted by Crippen LogP contribution is 2.36. The first-order valence-electron chi connectivity index (χ1n) is 10.8. The van der Waals surface area contributed by atoms with Crippen LogP contribution in [-0.2, 0) is 30.3 Å². The van der Waals surface area contributed by atoms with Gasteiger partial charge in [0.05, 0.1) is 22.5 Å². The molecule has 3 amide bonds. The number of anilines is 1. The Labute approximate surface area is 206 Å². The van der Waals surface area contributed by atoms with E-state index in [1.807, 2.05) is 18.2 Å². The molecule has 4 rings (SSSR count). The van der Waals surface area contributed by atoms with Gasteiger partial charge in [-0.25, -0.2) is 4.79 Å². The second-order valence-electron chi connectivity index (χ2n) is 8.19. The fraction of sp³-hybridized carbons (Fsp3) is 0.280. The Morgan fingerprint density at radius 2 is 1.65 bits per heavy atom. The van der Waals surface area contributed by atoms with Crippen LogP contribution in [0.3, 0.4) is 0 Å². The molecule has 0 spiro atoms. The fourth-order valence-electron chi connectivity index (χ4n) is 4.26. The van der Waals surface area contributed by atoms with Gasteiger partial charge in [-0.05, 0) is 36.6 Å². The van der Waals surface area contributed by atoms with Gasteiger partial charge in [0.15, 0.2) is 6.61 Å². The van der Waals surface area contributed by atoms with Crippen molar-refractivity contribution < 1.29 is 23.9 Å². The number of hydrogen-bond acceptors (Lipinski definition) is 5. The number of carbonyl (C=O) groups excluding carboxylic acids is 4. The van der Waals surface area contributed by atoms with Crippen LogP contribution in [0.15, 0.2) is 60.7 Å². The summed E-state index contributed by atoms with van der Waals surface area (Å²) in [6.07, 6.45) is 4.78. The van der Waals surface area contributed by atoms with Crippen molar-refractivity contribution in [2.45, 2.75) is 25.3 Å². The molecule has 0 unspecified atom stereocenters. The SMILES string of the molecule is O=C(COC(=O)[C@H](Cc1ccccc1)N1C(=O)[C@H]2CC=CC[C@@H]2C1=O)Nc1ccc(Cl)cc1Cl. The lowest BCUT2D eigenvalue weighted by Crippen LogP contribution is -2.48. The van der Waals surface area contributed by atoms with Gasteiger partial charge < -0.3 is 10.1 Å². The number of hydrogen-bond donors (Lipinski definition) is 1. The van der Waals surface area contributed by atoms with Crippen LogP contribution < -0.4 is 5.32 Å². The third kappa shape index (κ3) is 5.16. The van der Waals surface area contributed by atoms with Gasteiger partial charge in [0.25, 0.3) is 5.91 Å². The molecule has 7 nitrogen and oxygen atoms in total. The number of ether oxygens (including phenoxy) is 1. The molecule has 3 atom stereocenters. The predicted molar refractivity (Wildman–Crippen MR) is 127 cm³/mol. The summed E-state index contributed by atoms with van der Waals surface area (Å²) in [7, 11) is 0. The average molecular weight is 501 g/mol. The van der Waals surface area contributed by atoms with E-state index in [9.17, 15) is 19.2 Å². The number of rotatable bonds is 7. The minimum atomic E-state index is -1.17. The van der Waals surface area contributed by atoms with E-state index in [1.165, 1.54) is 12.1 Å². The molecular formula is C25H22Cl2N2O5. The number of nitrogens with zero attached hydrogens (tertiary/aromatic N) is 1. The Balaban J connectivity index is 1.48. The molecule has 0 aromatic heterocycles. The molecule has 1 aliphatic carbocycles. The minimum absolute atomic E-state index is 0.0919. The molecule has 1 aliphatic heterocycles. The number of fused-ring (bicyclic) bond motifs is 1. The van der Waals surface area contributed by atoms with E-state index in [1.54, 1.807) is 30.3 Å². The van der Waals surface area contributed by atoms with Crippen LogP contribution in [0.25, 0.3) is 0 Å². The van der Waals surface area contributed by atoms with E-state index < -0.39 is 36.4 Å². The van der Waals surface area contributed by atoms with Crippen molar-refractivity contribution in [2.75, 3.05) is 11.9 Å². The molecule has 2 aliphatic rings. The maximum Gasteiger partial charge on any atom is 0.330 e. The van der Waals surface area contributed by atoms with Crippen molar-refractivity contribution in [2.24, 2.45) is 11.8 Å². The predicted octanol–water partition coefficient (Wildman–Crippen LogP) is 4.04. The van der Waals surface area contributed by atoms with Gasteiger partial charge >= 0.3 is 5.97 Å². The lowest BCUT2D eigenvalue weighted by molar-refractivity contribution is -0.159. The first kappa shape index (κ1) is 24.0. The number of benzene rings is 2. The van der Waals surface area contributed by atoms with Crippen molar-refractivity contribution >= 4 is 52.6 Å². The average Bonchev–Trinajstić information content (AvgIpc) is 3.08. The topological polar surface area (TPSA) is 92.8 Å². The normalized spacial score (nSPS) is 20.1. The standard InChI is InChI=1S/C25H22Cl2N2O5/c26-16-10-11-20(19(27)13-16)28-22(30)14-34-25(33)21(12-15-6-2-1-3-7-15)29-23(31)17-8-4-5-9-18(17)24(29)32/h1-7,10-11,13,17-18,21H,8-9,12,14H2,(H,28,30)/t17-,18-,21-/m0/s1. The number of likely N-dealkylation sites (tertiary alicyclic amines) is 1. The van der Waals surface area contributed by atoms with Crippen LogP contribution in [0.2, 0.25) is 10.0 Å². The zero-order valence-electron chi connectivity index (χ0n) is 18.1. The molecular weight excluding hydrogens is 479 g/mol. The Bertz CT molecular complexity index is 1130. The smallest absolute Gasteiger partial charge is 0.330 e. The third-order valence-corrected chi connectivity index (χ3v) is 6.50. The first-order valence-corrected chi connectivity index (χ1v) is 11.6. The lowest BCUT2D eigenvalue weighted by Gasteiger charge is -2.25. The van der Waals surface area contributed by atoms with Gasteiger partial charge in [-0.3, -0.25) is 19.3 Å². The summed E-state index contributed by atoms with van der Waals surface area (Å²) in [5.41, 5.74) is 1.07. The summed E-state index contributed by atoms with van der Waals surface area (Å²) >= 11 is 11.9. The minimum Gasteiger partial charge on any atom is -0.454 e. The monoisotopic (exact) mass is 500 g/mol. The molecule has 34 heavy (non-hydrogen) atoms. The molecule has 1 heterocycles. The second-order valence-corrected chi connectivity index (χ2v) is 9.03. The van der Waals surface area contributed by atoms with Crippen molar-refractivity contribution in [3.8, 4) is 0 Å². The summed E-state index contributed by atoms with van der Waals surface area (Å²) in [5, 5.41) is 3.19. The van der Waals surface area contributed by atoms with Crippen molar-refractivity contribution in [1.82, 2.24) is 4.90 Å². The van der Waals surface area contributed by atoms with Gasteiger partial charge in [-0.15, -0.1) is 0 Å². The number of halogens is 2. The van der Waals surface area contributed by atoms with Gasteiger partial charge in [0, 0.05) is 11.4 Å². The van der Waals surface area contributed by atoms with Crippen molar-refractivity contribution in [1.29, 1.82) is 0 Å². The van der Waals surface area contributed by atoms with E-state index >= 15 is 0 Å². The van der Waals surface area contributed by atoms with E-state index in [0.29, 0.717) is 23.6 Å². The van der Waals surface area contributed by atoms with Crippen LogP contribution in [0.4, 0.5) is 5.69 Å². The molecule has 0 saturated carbocycles. The third-order valence-electron chi connectivity index (χ3n) is 5.95. The Morgan fingerprint density at radius 1 is 1.00 bits per heavy atom. The van der Waals surface area contributed by atoms with Crippen molar-refractivity contribution in [3.63, 3.8) is 0 Å². The largest absolute Gasteiger partial charge is 0.454 e. The maximum atomic E-state index is 13.1. The highest BCUT2D eigenvalue weighted by atomic mass is 35.5. The number of carbonyl (C=O) groups is 4. The molecule has 9 heteroatoms. The van der Waals surface area contributed by atoms with Crippen LogP contribution in [0, 0.1) is 11.8 Å². The van der Waals surface area contributed by atoms with Crippen molar-refractivity contribution in [3.05, 3.63) is 76.3 Å². The van der Waals surface area contributed by atoms with Crippen LogP contribution in [-0.4, -0.2) is 41.2 Å². The zero-order chi connectivity index (χ0) is 24.2. The van der Waals surface area contributed by atoms with Crippen LogP contribution in [0.5, 0.6) is 0 Å². The van der Waals surface area contributed by atoms with Gasteiger partial charge in [0.1, 0.15) is 6.04 Å². The molecule has 2 aromatic carbocycles. The number of nitrogens with one attached hydrogen (secondary N) is 1. The molecule has 0 radical (unpaired) electrons. The van der Waals surface area contributed by atoms with Crippen LogP contribution in [0.1, 0.15) is 18.4 Å². The summed E-state index contributed by atoms with van der Waals surface area (Å²) in [6, 6.07) is 12.4. The summed E-state index contributed by atoms with van der Waals surface area (Å²) in [5.74, 6) is -3.15. The first-order chi connectivity index (χ1) is 16.3. The zero-order valence-corrected chi connectivity index (χ0v) is 19.6. The Morgan fingerprint density at radius 3 is 2.26 bits per heavy atom. The van der Waals surface area contributed by atoms with Crippen LogP contribution >= 0.6 is 23.2 Å². The lowest BCUT2D eigenvalue weighted by atomic mass is 9.85. The number of esters is 1. The number of imide groups is 1. The quantitative estimate of drug-likeness (QED) is 0.351. The molecule has 1 N–H and O–H groups in total.